The van der Waals surface area contributed by atoms with Crippen LogP contribution in [0.3, 0.4) is 0 Å². The van der Waals surface area contributed by atoms with E-state index >= 15 is 0 Å². The van der Waals surface area contributed by atoms with E-state index in [0.717, 1.165) is 22.9 Å². The molecule has 0 saturated heterocycles. The molecular weight excluding hydrogens is 260 g/mol. The molecule has 1 aromatic carbocycles. The van der Waals surface area contributed by atoms with Crippen molar-refractivity contribution in [2.75, 3.05) is 7.11 Å². The van der Waals surface area contributed by atoms with Crippen molar-refractivity contribution in [1.29, 1.82) is 0 Å². The molecule has 0 bridgehead atoms. The number of benzene rings is 1. The maximum absolute atomic E-state index is 11.1. The van der Waals surface area contributed by atoms with Crippen LogP contribution >= 0.6 is 15.9 Å². The van der Waals surface area contributed by atoms with Gasteiger partial charge in [0, 0.05) is 4.47 Å². The van der Waals surface area contributed by atoms with Gasteiger partial charge >= 0.3 is 5.97 Å². The molecule has 15 heavy (non-hydrogen) atoms. The number of halogens is 1. The summed E-state index contributed by atoms with van der Waals surface area (Å²) in [7, 11) is 1.48. The normalized spacial score (nSPS) is 10.1. The highest BCUT2D eigenvalue weighted by Gasteiger charge is 2.16. The maximum atomic E-state index is 11.1. The number of aryl methyl sites for hydroxylation is 1. The van der Waals surface area contributed by atoms with Crippen LogP contribution in [-0.4, -0.2) is 18.2 Å². The third-order valence-electron chi connectivity index (χ3n) is 2.10. The number of carboxylic acid groups (broad SMARTS) is 1. The molecule has 0 aliphatic rings. The molecule has 4 heteroatoms. The van der Waals surface area contributed by atoms with Crippen molar-refractivity contribution in [2.45, 2.75) is 19.8 Å². The Morgan fingerprint density at radius 2 is 2.20 bits per heavy atom. The summed E-state index contributed by atoms with van der Waals surface area (Å²) in [6, 6.07) is 3.50. The van der Waals surface area contributed by atoms with Gasteiger partial charge in [-0.15, -0.1) is 0 Å². The smallest absolute Gasteiger partial charge is 0.339 e. The van der Waals surface area contributed by atoms with E-state index in [1.807, 2.05) is 13.0 Å². The molecule has 1 aromatic rings. The van der Waals surface area contributed by atoms with Crippen LogP contribution in [0.4, 0.5) is 0 Å². The fourth-order valence-electron chi connectivity index (χ4n) is 1.51. The van der Waals surface area contributed by atoms with Gasteiger partial charge in [0.05, 0.1) is 7.11 Å². The SMILES string of the molecule is CCCc1cc(Br)cc(OC)c1C(=O)O. The van der Waals surface area contributed by atoms with E-state index in [0.29, 0.717) is 5.75 Å². The molecule has 0 radical (unpaired) electrons. The summed E-state index contributed by atoms with van der Waals surface area (Å²) in [5.41, 5.74) is 1.07. The zero-order valence-corrected chi connectivity index (χ0v) is 10.3. The molecule has 0 aliphatic heterocycles. The second-order valence-corrected chi connectivity index (χ2v) is 4.11. The molecule has 0 aliphatic carbocycles. The van der Waals surface area contributed by atoms with Crippen LogP contribution in [0.25, 0.3) is 0 Å². The van der Waals surface area contributed by atoms with Gasteiger partial charge in [0.15, 0.2) is 0 Å². The molecule has 0 saturated carbocycles. The molecule has 82 valence electrons. The Morgan fingerprint density at radius 1 is 1.53 bits per heavy atom. The van der Waals surface area contributed by atoms with Crippen LogP contribution in [0.15, 0.2) is 16.6 Å². The number of methoxy groups -OCH3 is 1. The van der Waals surface area contributed by atoms with E-state index in [1.165, 1.54) is 7.11 Å². The van der Waals surface area contributed by atoms with E-state index in [2.05, 4.69) is 15.9 Å². The number of ether oxygens (including phenoxy) is 1. The van der Waals surface area contributed by atoms with Crippen molar-refractivity contribution in [1.82, 2.24) is 0 Å². The lowest BCUT2D eigenvalue weighted by atomic mass is 10.0. The highest BCUT2D eigenvalue weighted by Crippen LogP contribution is 2.28. The zero-order valence-electron chi connectivity index (χ0n) is 8.71. The highest BCUT2D eigenvalue weighted by atomic mass is 79.9. The van der Waals surface area contributed by atoms with Gasteiger partial charge in [-0.05, 0) is 24.1 Å². The minimum absolute atomic E-state index is 0.266. The summed E-state index contributed by atoms with van der Waals surface area (Å²) in [6.45, 7) is 2.01. The van der Waals surface area contributed by atoms with Crippen molar-refractivity contribution in [2.24, 2.45) is 0 Å². The summed E-state index contributed by atoms with van der Waals surface area (Å²) in [4.78, 5) is 11.1. The molecular formula is C11H13BrO3. The Hall–Kier alpha value is -1.03. The van der Waals surface area contributed by atoms with Gasteiger partial charge in [-0.1, -0.05) is 29.3 Å². The topological polar surface area (TPSA) is 46.5 Å². The van der Waals surface area contributed by atoms with Crippen LogP contribution < -0.4 is 4.74 Å². The summed E-state index contributed by atoms with van der Waals surface area (Å²) < 4.78 is 5.90. The number of carboxylic acids is 1. The summed E-state index contributed by atoms with van der Waals surface area (Å²) in [5.74, 6) is -0.539. The standard InChI is InChI=1S/C11H13BrO3/c1-3-4-7-5-8(12)6-9(15-2)10(7)11(13)14/h5-6H,3-4H2,1-2H3,(H,13,14). The fraction of sp³-hybridized carbons (Fsp3) is 0.364. The lowest BCUT2D eigenvalue weighted by Gasteiger charge is -2.10. The van der Waals surface area contributed by atoms with E-state index < -0.39 is 5.97 Å². The number of carbonyl (C=O) groups is 1. The molecule has 0 aromatic heterocycles. The van der Waals surface area contributed by atoms with Gasteiger partial charge in [-0.2, -0.15) is 0 Å². The van der Waals surface area contributed by atoms with Gasteiger partial charge in [0.25, 0.3) is 0 Å². The molecule has 0 amide bonds. The van der Waals surface area contributed by atoms with Crippen molar-refractivity contribution in [3.8, 4) is 5.75 Å². The molecule has 1 rings (SSSR count). The lowest BCUT2D eigenvalue weighted by molar-refractivity contribution is 0.0692. The Labute approximate surface area is 97.2 Å². The molecule has 0 fully saturated rings. The Kier molecular flexibility index (Phi) is 4.15. The average molecular weight is 273 g/mol. The number of hydrogen-bond donors (Lipinski definition) is 1. The van der Waals surface area contributed by atoms with Crippen molar-refractivity contribution in [3.05, 3.63) is 27.7 Å². The van der Waals surface area contributed by atoms with Gasteiger partial charge in [0.1, 0.15) is 11.3 Å². The predicted molar refractivity (Wildman–Crippen MR) is 61.6 cm³/mol. The third kappa shape index (κ3) is 2.72. The summed E-state index contributed by atoms with van der Waals surface area (Å²) in [6.07, 6.45) is 1.64. The number of aromatic carboxylic acids is 1. The van der Waals surface area contributed by atoms with Crippen LogP contribution in [0.2, 0.25) is 0 Å². The first-order chi connectivity index (χ1) is 7.10. The van der Waals surface area contributed by atoms with Crippen molar-refractivity contribution in [3.63, 3.8) is 0 Å². The highest BCUT2D eigenvalue weighted by molar-refractivity contribution is 9.10. The molecule has 0 atom stereocenters. The molecule has 1 N–H and O–H groups in total. The lowest BCUT2D eigenvalue weighted by Crippen LogP contribution is -2.05. The monoisotopic (exact) mass is 272 g/mol. The Morgan fingerprint density at radius 3 is 2.67 bits per heavy atom. The molecule has 3 nitrogen and oxygen atoms in total. The average Bonchev–Trinajstić information content (AvgIpc) is 2.16. The first-order valence-corrected chi connectivity index (χ1v) is 5.49. The van der Waals surface area contributed by atoms with E-state index in [-0.39, 0.29) is 5.56 Å². The van der Waals surface area contributed by atoms with Crippen LogP contribution in [0.5, 0.6) is 5.75 Å². The van der Waals surface area contributed by atoms with Crippen molar-refractivity contribution < 1.29 is 14.6 Å². The van der Waals surface area contributed by atoms with Gasteiger partial charge in [0.2, 0.25) is 0 Å². The third-order valence-corrected chi connectivity index (χ3v) is 2.56. The zero-order chi connectivity index (χ0) is 11.4. The molecule has 0 unspecified atom stereocenters. The molecule has 0 spiro atoms. The largest absolute Gasteiger partial charge is 0.496 e. The second kappa shape index (κ2) is 5.16. The Balaban J connectivity index is 3.33. The predicted octanol–water partition coefficient (Wildman–Crippen LogP) is 3.11. The fourth-order valence-corrected chi connectivity index (χ4v) is 1.99. The van der Waals surface area contributed by atoms with Crippen molar-refractivity contribution >= 4 is 21.9 Å². The Bertz CT molecular complexity index is 374. The van der Waals surface area contributed by atoms with E-state index in [4.69, 9.17) is 9.84 Å². The van der Waals surface area contributed by atoms with Crippen LogP contribution in [0, 0.1) is 0 Å². The molecule has 0 heterocycles. The number of hydrogen-bond acceptors (Lipinski definition) is 2. The first kappa shape index (κ1) is 12.0. The van der Waals surface area contributed by atoms with Gasteiger partial charge < -0.3 is 9.84 Å². The quantitative estimate of drug-likeness (QED) is 0.916. The summed E-state index contributed by atoms with van der Waals surface area (Å²) in [5, 5.41) is 9.10. The summed E-state index contributed by atoms with van der Waals surface area (Å²) >= 11 is 3.33. The first-order valence-electron chi connectivity index (χ1n) is 4.69. The van der Waals surface area contributed by atoms with Gasteiger partial charge in [-0.25, -0.2) is 4.79 Å². The minimum atomic E-state index is -0.942. The van der Waals surface area contributed by atoms with Crippen LogP contribution in [-0.2, 0) is 6.42 Å². The number of rotatable bonds is 4. The maximum Gasteiger partial charge on any atom is 0.339 e. The second-order valence-electron chi connectivity index (χ2n) is 3.20. The van der Waals surface area contributed by atoms with Crippen LogP contribution in [0.1, 0.15) is 29.3 Å². The van der Waals surface area contributed by atoms with E-state index in [9.17, 15) is 4.79 Å². The van der Waals surface area contributed by atoms with E-state index in [1.54, 1.807) is 6.07 Å². The minimum Gasteiger partial charge on any atom is -0.496 e. The van der Waals surface area contributed by atoms with Gasteiger partial charge in [-0.3, -0.25) is 0 Å².